The minimum Gasteiger partial charge on any atom is -0.326 e. The number of thiophene rings is 1. The normalized spacial score (nSPS) is 11.7. The molecule has 1 aromatic heterocycles. The monoisotopic (exact) mass is 310 g/mol. The average Bonchev–Trinajstić information content (AvgIpc) is 2.88. The molecule has 0 aliphatic carbocycles. The van der Waals surface area contributed by atoms with Crippen molar-refractivity contribution in [1.29, 1.82) is 0 Å². The van der Waals surface area contributed by atoms with Crippen molar-refractivity contribution in [3.8, 4) is 0 Å². The summed E-state index contributed by atoms with van der Waals surface area (Å²) in [5.41, 5.74) is 7.79. The van der Waals surface area contributed by atoms with Crippen LogP contribution < -0.4 is 10.5 Å². The second kappa shape index (κ2) is 6.49. The third-order valence-corrected chi connectivity index (χ3v) is 5.48. The van der Waals surface area contributed by atoms with Gasteiger partial charge in [-0.15, -0.1) is 11.3 Å². The van der Waals surface area contributed by atoms with E-state index in [0.29, 0.717) is 24.4 Å². The van der Waals surface area contributed by atoms with Crippen LogP contribution in [0.25, 0.3) is 0 Å². The molecular formula is C14H18N2O2S2. The van der Waals surface area contributed by atoms with Gasteiger partial charge in [0.1, 0.15) is 0 Å². The van der Waals surface area contributed by atoms with Gasteiger partial charge >= 0.3 is 0 Å². The van der Waals surface area contributed by atoms with Crippen LogP contribution in [0.2, 0.25) is 0 Å². The second-order valence-electron chi connectivity index (χ2n) is 4.59. The Morgan fingerprint density at radius 1 is 1.30 bits per heavy atom. The summed E-state index contributed by atoms with van der Waals surface area (Å²) in [6.45, 7) is 2.77. The van der Waals surface area contributed by atoms with Gasteiger partial charge in [-0.3, -0.25) is 0 Å². The van der Waals surface area contributed by atoms with E-state index in [1.807, 2.05) is 25.1 Å². The molecule has 2 rings (SSSR count). The highest BCUT2D eigenvalue weighted by Gasteiger charge is 2.15. The summed E-state index contributed by atoms with van der Waals surface area (Å²) in [4.78, 5) is 1.16. The van der Waals surface area contributed by atoms with E-state index in [0.717, 1.165) is 10.4 Å². The van der Waals surface area contributed by atoms with Crippen LogP contribution in [0, 0.1) is 6.92 Å². The molecule has 1 heterocycles. The predicted molar refractivity (Wildman–Crippen MR) is 82.3 cm³/mol. The summed E-state index contributed by atoms with van der Waals surface area (Å²) in [7, 11) is -3.42. The van der Waals surface area contributed by atoms with Crippen LogP contribution in [0.3, 0.4) is 0 Å². The van der Waals surface area contributed by atoms with Gasteiger partial charge in [0.05, 0.1) is 4.90 Å². The molecule has 3 N–H and O–H groups in total. The molecule has 0 aliphatic rings. The average molecular weight is 310 g/mol. The zero-order chi connectivity index (χ0) is 14.6. The van der Waals surface area contributed by atoms with Crippen molar-refractivity contribution in [2.75, 3.05) is 6.54 Å². The molecule has 0 saturated carbocycles. The van der Waals surface area contributed by atoms with E-state index in [1.54, 1.807) is 11.4 Å². The summed E-state index contributed by atoms with van der Waals surface area (Å²) in [5.74, 6) is 0. The molecule has 0 spiro atoms. The van der Waals surface area contributed by atoms with Crippen LogP contribution in [0.5, 0.6) is 0 Å². The lowest BCUT2D eigenvalue weighted by atomic mass is 10.1. The molecule has 2 aromatic rings. The zero-order valence-corrected chi connectivity index (χ0v) is 12.9. The lowest BCUT2D eigenvalue weighted by Crippen LogP contribution is -2.25. The highest BCUT2D eigenvalue weighted by atomic mass is 32.2. The first-order valence-corrected chi connectivity index (χ1v) is 8.70. The Bertz CT molecular complexity index is 678. The first-order chi connectivity index (χ1) is 9.51. The minimum atomic E-state index is -3.42. The molecule has 4 nitrogen and oxygen atoms in total. The van der Waals surface area contributed by atoms with Gasteiger partial charge in [0.15, 0.2) is 0 Å². The molecule has 0 unspecified atom stereocenters. The maximum Gasteiger partial charge on any atom is 0.241 e. The molecule has 0 fully saturated rings. The maximum absolute atomic E-state index is 12.1. The van der Waals surface area contributed by atoms with Gasteiger partial charge in [0.2, 0.25) is 10.0 Å². The number of hydrogen-bond acceptors (Lipinski definition) is 4. The van der Waals surface area contributed by atoms with Crippen molar-refractivity contribution in [3.05, 3.63) is 51.7 Å². The van der Waals surface area contributed by atoms with Crippen LogP contribution in [0.4, 0.5) is 0 Å². The summed E-state index contributed by atoms with van der Waals surface area (Å²) in [6, 6.07) is 9.68. The largest absolute Gasteiger partial charge is 0.326 e. The topological polar surface area (TPSA) is 72.2 Å². The van der Waals surface area contributed by atoms with E-state index in [4.69, 9.17) is 5.73 Å². The van der Waals surface area contributed by atoms with E-state index >= 15 is 0 Å². The molecule has 20 heavy (non-hydrogen) atoms. The summed E-state index contributed by atoms with van der Waals surface area (Å²) < 4.78 is 26.8. The number of benzene rings is 1. The number of hydrogen-bond donors (Lipinski definition) is 2. The highest BCUT2D eigenvalue weighted by molar-refractivity contribution is 7.89. The van der Waals surface area contributed by atoms with Gasteiger partial charge in [-0.25, -0.2) is 13.1 Å². The number of aryl methyl sites for hydroxylation is 1. The maximum atomic E-state index is 12.1. The van der Waals surface area contributed by atoms with Crippen molar-refractivity contribution < 1.29 is 8.42 Å². The zero-order valence-electron chi connectivity index (χ0n) is 11.3. The molecule has 0 atom stereocenters. The Labute approximate surface area is 123 Å². The molecule has 0 radical (unpaired) electrons. The number of nitrogens with one attached hydrogen (secondary N) is 1. The molecule has 0 saturated heterocycles. The molecule has 0 aliphatic heterocycles. The lowest BCUT2D eigenvalue weighted by Gasteiger charge is -2.05. The van der Waals surface area contributed by atoms with Gasteiger partial charge in [0, 0.05) is 23.3 Å². The second-order valence-corrected chi connectivity index (χ2v) is 7.35. The predicted octanol–water partition coefficient (Wildman–Crippen LogP) is 2.04. The fraction of sp³-hybridized carbons (Fsp3) is 0.286. The Hall–Kier alpha value is -1.21. The molecule has 6 heteroatoms. The minimum absolute atomic E-state index is 0.298. The van der Waals surface area contributed by atoms with Crippen molar-refractivity contribution in [2.45, 2.75) is 24.8 Å². The van der Waals surface area contributed by atoms with Crippen molar-refractivity contribution >= 4 is 21.4 Å². The Morgan fingerprint density at radius 3 is 2.75 bits per heavy atom. The number of nitrogens with two attached hydrogens (primary N) is 1. The van der Waals surface area contributed by atoms with Gasteiger partial charge < -0.3 is 5.73 Å². The lowest BCUT2D eigenvalue weighted by molar-refractivity contribution is 0.582. The quantitative estimate of drug-likeness (QED) is 0.857. The highest BCUT2D eigenvalue weighted by Crippen LogP contribution is 2.18. The van der Waals surface area contributed by atoms with Crippen LogP contribution in [0.15, 0.2) is 40.6 Å². The van der Waals surface area contributed by atoms with Crippen LogP contribution in [-0.4, -0.2) is 15.0 Å². The third-order valence-electron chi connectivity index (χ3n) is 2.93. The number of rotatable bonds is 6. The summed E-state index contributed by atoms with van der Waals surface area (Å²) in [6.07, 6.45) is 0.675. The van der Waals surface area contributed by atoms with Crippen molar-refractivity contribution in [2.24, 2.45) is 5.73 Å². The van der Waals surface area contributed by atoms with Crippen LogP contribution in [-0.2, 0) is 23.0 Å². The van der Waals surface area contributed by atoms with Crippen LogP contribution in [0.1, 0.15) is 16.0 Å². The van der Waals surface area contributed by atoms with E-state index in [1.165, 1.54) is 16.9 Å². The Balaban J connectivity index is 1.96. The summed E-state index contributed by atoms with van der Waals surface area (Å²) >= 11 is 1.36. The van der Waals surface area contributed by atoms with Crippen molar-refractivity contribution in [1.82, 2.24) is 4.72 Å². The van der Waals surface area contributed by atoms with E-state index in [-0.39, 0.29) is 0 Å². The first kappa shape index (κ1) is 15.2. The van der Waals surface area contributed by atoms with E-state index in [2.05, 4.69) is 10.8 Å². The molecular weight excluding hydrogens is 292 g/mol. The van der Waals surface area contributed by atoms with Crippen LogP contribution >= 0.6 is 11.3 Å². The Morgan fingerprint density at radius 2 is 2.10 bits per heavy atom. The Kier molecular flexibility index (Phi) is 4.93. The molecule has 0 amide bonds. The fourth-order valence-electron chi connectivity index (χ4n) is 1.89. The molecule has 108 valence electrons. The van der Waals surface area contributed by atoms with Gasteiger partial charge in [-0.1, -0.05) is 29.8 Å². The van der Waals surface area contributed by atoms with Gasteiger partial charge in [-0.2, -0.15) is 0 Å². The van der Waals surface area contributed by atoms with E-state index < -0.39 is 10.0 Å². The SMILES string of the molecule is Cc1cccc(CCNS(=O)(=O)c2csc(CN)c2)c1. The molecule has 0 bridgehead atoms. The smallest absolute Gasteiger partial charge is 0.241 e. The van der Waals surface area contributed by atoms with Gasteiger partial charge in [-0.05, 0) is 25.0 Å². The fourth-order valence-corrected chi connectivity index (χ4v) is 4.08. The first-order valence-electron chi connectivity index (χ1n) is 6.34. The van der Waals surface area contributed by atoms with Gasteiger partial charge in [0.25, 0.3) is 0 Å². The van der Waals surface area contributed by atoms with E-state index in [9.17, 15) is 8.42 Å². The standard InChI is InChI=1S/C14H18N2O2S2/c1-11-3-2-4-12(7-11)5-6-16-20(17,18)14-8-13(9-15)19-10-14/h2-4,7-8,10,16H,5-6,9,15H2,1H3. The number of sulfonamides is 1. The van der Waals surface area contributed by atoms with Crippen molar-refractivity contribution in [3.63, 3.8) is 0 Å². The third kappa shape index (κ3) is 3.89. The summed E-state index contributed by atoms with van der Waals surface area (Å²) in [5, 5.41) is 1.62. The molecule has 1 aromatic carbocycles.